The van der Waals surface area contributed by atoms with Gasteiger partial charge in [-0.1, -0.05) is 24.3 Å². The zero-order chi connectivity index (χ0) is 20.9. The number of carbonyl (C=O) groups is 1. The van der Waals surface area contributed by atoms with Crippen LogP contribution in [0.15, 0.2) is 76.0 Å². The van der Waals surface area contributed by atoms with Crippen LogP contribution in [-0.2, 0) is 13.0 Å². The number of amides is 1. The summed E-state index contributed by atoms with van der Waals surface area (Å²) in [6.45, 7) is 0.477. The van der Waals surface area contributed by atoms with E-state index in [0.717, 1.165) is 22.4 Å². The summed E-state index contributed by atoms with van der Waals surface area (Å²) < 4.78 is 11.1. The van der Waals surface area contributed by atoms with Crippen molar-refractivity contribution < 1.29 is 13.9 Å². The number of nitrogens with zero attached hydrogens (tertiary/aromatic N) is 1. The maximum Gasteiger partial charge on any atom is 0.251 e. The molecule has 0 aliphatic rings. The fraction of sp³-hybridized carbons (Fsp3) is 0.167. The van der Waals surface area contributed by atoms with Crippen LogP contribution in [0.5, 0.6) is 5.75 Å². The third kappa shape index (κ3) is 4.66. The van der Waals surface area contributed by atoms with E-state index in [4.69, 9.17) is 9.15 Å². The number of benzene rings is 3. The molecule has 4 rings (SSSR count). The second-order valence-electron chi connectivity index (χ2n) is 6.85. The lowest BCUT2D eigenvalue weighted by Gasteiger charge is -2.06. The topological polar surface area (TPSA) is 64.4 Å². The molecule has 152 valence electrons. The van der Waals surface area contributed by atoms with E-state index < -0.39 is 0 Å². The van der Waals surface area contributed by atoms with Gasteiger partial charge in [0, 0.05) is 23.4 Å². The van der Waals surface area contributed by atoms with Crippen molar-refractivity contribution in [2.75, 3.05) is 13.4 Å². The zero-order valence-corrected chi connectivity index (χ0v) is 17.7. The van der Waals surface area contributed by atoms with Crippen molar-refractivity contribution in [3.63, 3.8) is 0 Å². The molecule has 0 spiro atoms. The summed E-state index contributed by atoms with van der Waals surface area (Å²) in [6, 6.07) is 21.3. The van der Waals surface area contributed by atoms with Crippen molar-refractivity contribution in [3.05, 3.63) is 89.3 Å². The van der Waals surface area contributed by atoms with Gasteiger partial charge in [-0.2, -0.15) is 0 Å². The number of nitrogens with one attached hydrogen (secondary N) is 1. The summed E-state index contributed by atoms with van der Waals surface area (Å²) in [5.74, 6) is 1.28. The molecule has 30 heavy (non-hydrogen) atoms. The number of fused-ring (bicyclic) bond motifs is 1. The Bertz CT molecular complexity index is 1150. The quantitative estimate of drug-likeness (QED) is 0.424. The summed E-state index contributed by atoms with van der Waals surface area (Å²) in [6.07, 6.45) is 2.62. The van der Waals surface area contributed by atoms with Gasteiger partial charge < -0.3 is 14.5 Å². The zero-order valence-electron chi connectivity index (χ0n) is 16.8. The maximum atomic E-state index is 12.6. The maximum absolute atomic E-state index is 12.6. The summed E-state index contributed by atoms with van der Waals surface area (Å²) >= 11 is 1.69. The standard InChI is InChI=1S/C24H22N2O3S/c1-28-19-8-3-16(4-9-19)13-23-26-21-12-7-18(14-22(21)29-23)24(27)25-15-17-5-10-20(30-2)11-6-17/h3-12,14H,13,15H2,1-2H3,(H,25,27). The minimum absolute atomic E-state index is 0.140. The average Bonchev–Trinajstić information content (AvgIpc) is 3.19. The largest absolute Gasteiger partial charge is 0.497 e. The monoisotopic (exact) mass is 418 g/mol. The van der Waals surface area contributed by atoms with Gasteiger partial charge in [0.25, 0.3) is 5.91 Å². The predicted molar refractivity (Wildman–Crippen MR) is 119 cm³/mol. The highest BCUT2D eigenvalue weighted by atomic mass is 32.2. The molecule has 0 unspecified atom stereocenters. The Morgan fingerprint density at radius 3 is 2.47 bits per heavy atom. The molecule has 0 fully saturated rings. The van der Waals surface area contributed by atoms with E-state index >= 15 is 0 Å². The van der Waals surface area contributed by atoms with Crippen molar-refractivity contribution in [1.82, 2.24) is 10.3 Å². The van der Waals surface area contributed by atoms with Crippen LogP contribution in [0.25, 0.3) is 11.1 Å². The molecule has 0 aliphatic heterocycles. The number of methoxy groups -OCH3 is 1. The van der Waals surface area contributed by atoms with Gasteiger partial charge in [-0.05, 0) is 59.8 Å². The molecule has 4 aromatic rings. The SMILES string of the molecule is COc1ccc(Cc2nc3ccc(C(=O)NCc4ccc(SC)cc4)cc3o2)cc1. The number of rotatable bonds is 7. The Labute approximate surface area is 179 Å². The first-order valence-corrected chi connectivity index (χ1v) is 10.8. The number of hydrogen-bond acceptors (Lipinski definition) is 5. The number of hydrogen-bond donors (Lipinski definition) is 1. The summed E-state index contributed by atoms with van der Waals surface area (Å²) in [5.41, 5.74) is 4.03. The third-order valence-corrected chi connectivity index (χ3v) is 5.57. The second kappa shape index (κ2) is 9.05. The highest BCUT2D eigenvalue weighted by Crippen LogP contribution is 2.21. The second-order valence-corrected chi connectivity index (χ2v) is 7.73. The van der Waals surface area contributed by atoms with E-state index in [9.17, 15) is 4.79 Å². The Morgan fingerprint density at radius 1 is 1.03 bits per heavy atom. The van der Waals surface area contributed by atoms with Crippen LogP contribution in [0.1, 0.15) is 27.4 Å². The lowest BCUT2D eigenvalue weighted by atomic mass is 10.1. The molecule has 3 aromatic carbocycles. The molecule has 1 aromatic heterocycles. The van der Waals surface area contributed by atoms with Gasteiger partial charge in [0.1, 0.15) is 11.3 Å². The Morgan fingerprint density at radius 2 is 1.77 bits per heavy atom. The molecule has 0 saturated heterocycles. The van der Waals surface area contributed by atoms with Gasteiger partial charge in [-0.15, -0.1) is 11.8 Å². The molecular formula is C24H22N2O3S. The highest BCUT2D eigenvalue weighted by Gasteiger charge is 2.11. The molecule has 0 bridgehead atoms. The Kier molecular flexibility index (Phi) is 6.05. The van der Waals surface area contributed by atoms with Crippen LogP contribution < -0.4 is 10.1 Å². The highest BCUT2D eigenvalue weighted by molar-refractivity contribution is 7.98. The molecule has 5 nitrogen and oxygen atoms in total. The molecule has 0 saturated carbocycles. The fourth-order valence-corrected chi connectivity index (χ4v) is 3.54. The minimum Gasteiger partial charge on any atom is -0.497 e. The Balaban J connectivity index is 1.43. The molecule has 1 N–H and O–H groups in total. The van der Waals surface area contributed by atoms with E-state index in [1.165, 1.54) is 4.90 Å². The van der Waals surface area contributed by atoms with Crippen LogP contribution in [0, 0.1) is 0 Å². The number of oxazole rings is 1. The normalized spacial score (nSPS) is 10.9. The molecule has 6 heteroatoms. The van der Waals surface area contributed by atoms with Crippen LogP contribution in [0.3, 0.4) is 0 Å². The van der Waals surface area contributed by atoms with Gasteiger partial charge in [0.2, 0.25) is 0 Å². The molecule has 0 atom stereocenters. The van der Waals surface area contributed by atoms with E-state index in [1.807, 2.05) is 48.7 Å². The van der Waals surface area contributed by atoms with Crippen LogP contribution in [0.4, 0.5) is 0 Å². The van der Waals surface area contributed by atoms with Crippen molar-refractivity contribution in [2.24, 2.45) is 0 Å². The molecule has 1 heterocycles. The molecular weight excluding hydrogens is 396 g/mol. The summed E-state index contributed by atoms with van der Waals surface area (Å²) in [4.78, 5) is 18.3. The smallest absolute Gasteiger partial charge is 0.251 e. The van der Waals surface area contributed by atoms with Gasteiger partial charge in [-0.3, -0.25) is 4.79 Å². The van der Waals surface area contributed by atoms with Crippen LogP contribution in [-0.4, -0.2) is 24.3 Å². The first kappa shape index (κ1) is 20.0. The van der Waals surface area contributed by atoms with Crippen LogP contribution >= 0.6 is 11.8 Å². The van der Waals surface area contributed by atoms with Crippen LogP contribution in [0.2, 0.25) is 0 Å². The van der Waals surface area contributed by atoms with Gasteiger partial charge in [0.15, 0.2) is 11.5 Å². The first-order chi connectivity index (χ1) is 14.6. The van der Waals surface area contributed by atoms with Gasteiger partial charge in [0.05, 0.1) is 7.11 Å². The number of aromatic nitrogens is 1. The van der Waals surface area contributed by atoms with E-state index in [1.54, 1.807) is 31.0 Å². The number of thioether (sulfide) groups is 1. The average molecular weight is 419 g/mol. The first-order valence-electron chi connectivity index (χ1n) is 9.58. The molecule has 0 aliphatic carbocycles. The van der Waals surface area contributed by atoms with Gasteiger partial charge >= 0.3 is 0 Å². The van der Waals surface area contributed by atoms with E-state index in [0.29, 0.717) is 30.0 Å². The third-order valence-electron chi connectivity index (χ3n) is 4.82. The van der Waals surface area contributed by atoms with Crippen molar-refractivity contribution in [2.45, 2.75) is 17.9 Å². The van der Waals surface area contributed by atoms with Crippen molar-refractivity contribution >= 4 is 28.8 Å². The van der Waals surface area contributed by atoms with Gasteiger partial charge in [-0.25, -0.2) is 4.98 Å². The predicted octanol–water partition coefficient (Wildman–Crippen LogP) is 5.08. The molecule has 0 radical (unpaired) electrons. The lowest BCUT2D eigenvalue weighted by molar-refractivity contribution is 0.0951. The number of ether oxygens (including phenoxy) is 1. The molecule has 1 amide bonds. The lowest BCUT2D eigenvalue weighted by Crippen LogP contribution is -2.22. The van der Waals surface area contributed by atoms with Crippen molar-refractivity contribution in [1.29, 1.82) is 0 Å². The minimum atomic E-state index is -0.140. The Hall–Kier alpha value is -3.25. The van der Waals surface area contributed by atoms with E-state index in [2.05, 4.69) is 22.4 Å². The number of carbonyl (C=O) groups excluding carboxylic acids is 1. The van der Waals surface area contributed by atoms with E-state index in [-0.39, 0.29) is 5.91 Å². The fourth-order valence-electron chi connectivity index (χ4n) is 3.13. The summed E-state index contributed by atoms with van der Waals surface area (Å²) in [5, 5.41) is 2.96. The summed E-state index contributed by atoms with van der Waals surface area (Å²) in [7, 11) is 1.64. The van der Waals surface area contributed by atoms with Crippen molar-refractivity contribution in [3.8, 4) is 5.75 Å².